The normalized spacial score (nSPS) is 18.1. The number of fused-ring (bicyclic) bond motifs is 1. The number of halogens is 3. The summed E-state index contributed by atoms with van der Waals surface area (Å²) in [5, 5.41) is 16.8. The zero-order valence-corrected chi connectivity index (χ0v) is 12.9. The molecule has 0 radical (unpaired) electrons. The molecule has 0 bridgehead atoms. The number of aliphatic hydroxyl groups excluding tert-OH is 1. The SMILES string of the molecule is O=C(Cc1ccc2[nH]ncc2c1)N1CCC(CO)(C(F)(F)F)CC1. The van der Waals surface area contributed by atoms with Crippen molar-refractivity contribution in [2.24, 2.45) is 5.41 Å². The van der Waals surface area contributed by atoms with E-state index in [1.165, 1.54) is 4.90 Å². The second-order valence-corrected chi connectivity index (χ2v) is 6.29. The van der Waals surface area contributed by atoms with Crippen molar-refractivity contribution in [3.63, 3.8) is 0 Å². The van der Waals surface area contributed by atoms with E-state index in [1.807, 2.05) is 12.1 Å². The molecule has 1 amide bonds. The van der Waals surface area contributed by atoms with E-state index in [9.17, 15) is 23.1 Å². The van der Waals surface area contributed by atoms with E-state index in [0.29, 0.717) is 0 Å². The van der Waals surface area contributed by atoms with Crippen LogP contribution in [0.5, 0.6) is 0 Å². The first kappa shape index (κ1) is 16.8. The van der Waals surface area contributed by atoms with Crippen LogP contribution in [0.4, 0.5) is 13.2 Å². The van der Waals surface area contributed by atoms with Gasteiger partial charge in [-0.15, -0.1) is 0 Å². The highest BCUT2D eigenvalue weighted by Gasteiger charge is 2.55. The number of aliphatic hydroxyl groups is 1. The van der Waals surface area contributed by atoms with Crippen molar-refractivity contribution in [3.05, 3.63) is 30.0 Å². The molecule has 0 aliphatic carbocycles. The van der Waals surface area contributed by atoms with Crippen molar-refractivity contribution in [2.45, 2.75) is 25.4 Å². The van der Waals surface area contributed by atoms with Crippen LogP contribution in [-0.2, 0) is 11.2 Å². The molecule has 2 heterocycles. The molecule has 3 rings (SSSR count). The smallest absolute Gasteiger partial charge is 0.395 e. The van der Waals surface area contributed by atoms with Crippen LogP contribution in [0.15, 0.2) is 24.4 Å². The van der Waals surface area contributed by atoms with Crippen LogP contribution in [0, 0.1) is 5.41 Å². The van der Waals surface area contributed by atoms with Crippen LogP contribution in [0.3, 0.4) is 0 Å². The fourth-order valence-electron chi connectivity index (χ4n) is 3.10. The zero-order chi connectivity index (χ0) is 17.4. The van der Waals surface area contributed by atoms with E-state index in [-0.39, 0.29) is 38.3 Å². The molecule has 0 unspecified atom stereocenters. The number of aromatic nitrogens is 2. The molecule has 0 saturated carbocycles. The molecule has 24 heavy (non-hydrogen) atoms. The van der Waals surface area contributed by atoms with Gasteiger partial charge in [-0.25, -0.2) is 0 Å². The minimum atomic E-state index is -4.46. The highest BCUT2D eigenvalue weighted by Crippen LogP contribution is 2.45. The maximum absolute atomic E-state index is 13.1. The van der Waals surface area contributed by atoms with Crippen molar-refractivity contribution in [3.8, 4) is 0 Å². The predicted octanol–water partition coefficient (Wildman–Crippen LogP) is 2.27. The Morgan fingerprint density at radius 3 is 2.67 bits per heavy atom. The molecule has 1 aromatic carbocycles. The molecule has 2 N–H and O–H groups in total. The first-order chi connectivity index (χ1) is 11.3. The summed E-state index contributed by atoms with van der Waals surface area (Å²) in [6.07, 6.45) is -3.19. The van der Waals surface area contributed by atoms with Gasteiger partial charge in [0.05, 0.1) is 30.2 Å². The molecular weight excluding hydrogens is 323 g/mol. The Labute approximate surface area is 136 Å². The highest BCUT2D eigenvalue weighted by molar-refractivity contribution is 5.83. The van der Waals surface area contributed by atoms with Crippen LogP contribution >= 0.6 is 0 Å². The van der Waals surface area contributed by atoms with Gasteiger partial charge in [0.15, 0.2) is 0 Å². The van der Waals surface area contributed by atoms with Crippen LogP contribution in [-0.4, -0.2) is 52.0 Å². The second kappa shape index (κ2) is 6.08. The number of carbonyl (C=O) groups is 1. The number of rotatable bonds is 3. The molecule has 130 valence electrons. The summed E-state index contributed by atoms with van der Waals surface area (Å²) >= 11 is 0. The van der Waals surface area contributed by atoms with Crippen LogP contribution in [0.2, 0.25) is 0 Å². The first-order valence-electron chi connectivity index (χ1n) is 7.72. The Hall–Kier alpha value is -2.09. The van der Waals surface area contributed by atoms with Gasteiger partial charge in [0.1, 0.15) is 0 Å². The number of alkyl halides is 3. The van der Waals surface area contributed by atoms with Gasteiger partial charge in [0.2, 0.25) is 5.91 Å². The van der Waals surface area contributed by atoms with E-state index in [4.69, 9.17) is 0 Å². The van der Waals surface area contributed by atoms with Crippen LogP contribution < -0.4 is 0 Å². The summed E-state index contributed by atoms with van der Waals surface area (Å²) in [5.74, 6) is -0.202. The summed E-state index contributed by atoms with van der Waals surface area (Å²) in [6.45, 7) is -0.921. The van der Waals surface area contributed by atoms with Crippen molar-refractivity contribution in [1.29, 1.82) is 0 Å². The average Bonchev–Trinajstić information content (AvgIpc) is 3.01. The minimum absolute atomic E-state index is 0.00680. The number of hydrogen-bond donors (Lipinski definition) is 2. The highest BCUT2D eigenvalue weighted by atomic mass is 19.4. The Balaban J connectivity index is 1.64. The zero-order valence-electron chi connectivity index (χ0n) is 12.9. The Bertz CT molecular complexity index is 733. The largest absolute Gasteiger partial charge is 0.396 e. The summed E-state index contributed by atoms with van der Waals surface area (Å²) in [6, 6.07) is 5.46. The molecule has 0 spiro atoms. The van der Waals surface area contributed by atoms with Crippen LogP contribution in [0.25, 0.3) is 10.9 Å². The monoisotopic (exact) mass is 341 g/mol. The van der Waals surface area contributed by atoms with Gasteiger partial charge in [-0.3, -0.25) is 9.89 Å². The molecule has 1 aliphatic rings. The maximum atomic E-state index is 13.1. The lowest BCUT2D eigenvalue weighted by Gasteiger charge is -2.41. The number of aromatic amines is 1. The van der Waals surface area contributed by atoms with Crippen molar-refractivity contribution in [1.82, 2.24) is 15.1 Å². The maximum Gasteiger partial charge on any atom is 0.396 e. The van der Waals surface area contributed by atoms with E-state index in [2.05, 4.69) is 10.2 Å². The fourth-order valence-corrected chi connectivity index (χ4v) is 3.10. The van der Waals surface area contributed by atoms with Gasteiger partial charge in [0.25, 0.3) is 0 Å². The standard InChI is InChI=1S/C16H18F3N3O2/c17-16(18,19)15(10-23)3-5-22(6-4-15)14(24)8-11-1-2-13-12(7-11)9-20-21-13/h1-2,7,9,23H,3-6,8,10H2,(H,20,21). The van der Waals surface area contributed by atoms with Gasteiger partial charge in [0, 0.05) is 18.5 Å². The number of likely N-dealkylation sites (tertiary alicyclic amines) is 1. The summed E-state index contributed by atoms with van der Waals surface area (Å²) < 4.78 is 39.4. The van der Waals surface area contributed by atoms with E-state index >= 15 is 0 Å². The molecule has 1 aliphatic heterocycles. The quantitative estimate of drug-likeness (QED) is 0.900. The average molecular weight is 341 g/mol. The van der Waals surface area contributed by atoms with Crippen molar-refractivity contribution in [2.75, 3.05) is 19.7 Å². The van der Waals surface area contributed by atoms with E-state index in [0.717, 1.165) is 16.5 Å². The fraction of sp³-hybridized carbons (Fsp3) is 0.500. The molecule has 8 heteroatoms. The van der Waals surface area contributed by atoms with Crippen molar-refractivity contribution < 1.29 is 23.1 Å². The Morgan fingerprint density at radius 2 is 2.04 bits per heavy atom. The van der Waals surface area contributed by atoms with Gasteiger partial charge in [-0.1, -0.05) is 6.07 Å². The summed E-state index contributed by atoms with van der Waals surface area (Å²) in [5.41, 5.74) is -0.426. The van der Waals surface area contributed by atoms with Gasteiger partial charge < -0.3 is 10.0 Å². The summed E-state index contributed by atoms with van der Waals surface area (Å²) in [4.78, 5) is 13.8. The third kappa shape index (κ3) is 2.98. The lowest BCUT2D eigenvalue weighted by molar-refractivity contribution is -0.248. The Kier molecular flexibility index (Phi) is 4.25. The number of carbonyl (C=O) groups excluding carboxylic acids is 1. The molecule has 1 fully saturated rings. The van der Waals surface area contributed by atoms with Crippen molar-refractivity contribution >= 4 is 16.8 Å². The molecule has 0 atom stereocenters. The molecule has 1 aromatic heterocycles. The number of nitrogens with one attached hydrogen (secondary N) is 1. The van der Waals surface area contributed by atoms with Gasteiger partial charge >= 0.3 is 6.18 Å². The van der Waals surface area contributed by atoms with Gasteiger partial charge in [-0.2, -0.15) is 18.3 Å². The number of benzene rings is 1. The molecule has 5 nitrogen and oxygen atoms in total. The third-order valence-electron chi connectivity index (χ3n) is 4.84. The lowest BCUT2D eigenvalue weighted by atomic mass is 9.78. The minimum Gasteiger partial charge on any atom is -0.395 e. The predicted molar refractivity (Wildman–Crippen MR) is 81.2 cm³/mol. The number of nitrogens with zero attached hydrogens (tertiary/aromatic N) is 2. The number of amides is 1. The first-order valence-corrected chi connectivity index (χ1v) is 7.72. The number of hydrogen-bond acceptors (Lipinski definition) is 3. The number of H-pyrrole nitrogens is 1. The van der Waals surface area contributed by atoms with Gasteiger partial charge in [-0.05, 0) is 30.5 Å². The molecule has 2 aromatic rings. The second-order valence-electron chi connectivity index (χ2n) is 6.29. The van der Waals surface area contributed by atoms with Crippen LogP contribution in [0.1, 0.15) is 18.4 Å². The Morgan fingerprint density at radius 1 is 1.33 bits per heavy atom. The topological polar surface area (TPSA) is 69.2 Å². The lowest BCUT2D eigenvalue weighted by Crippen LogP contribution is -2.51. The number of piperidine rings is 1. The molecule has 1 saturated heterocycles. The van der Waals surface area contributed by atoms with E-state index < -0.39 is 18.2 Å². The third-order valence-corrected chi connectivity index (χ3v) is 4.84. The summed E-state index contributed by atoms with van der Waals surface area (Å²) in [7, 11) is 0. The van der Waals surface area contributed by atoms with E-state index in [1.54, 1.807) is 12.3 Å². The molecular formula is C16H18F3N3O2.